The highest BCUT2D eigenvalue weighted by Gasteiger charge is 2.29. The first-order valence-corrected chi connectivity index (χ1v) is 8.21. The fourth-order valence-corrected chi connectivity index (χ4v) is 2.94. The van der Waals surface area contributed by atoms with Crippen molar-refractivity contribution in [2.45, 2.75) is 32.7 Å². The molecule has 1 aromatic heterocycles. The van der Waals surface area contributed by atoms with Gasteiger partial charge < -0.3 is 18.8 Å². The van der Waals surface area contributed by atoms with Crippen LogP contribution in [0.3, 0.4) is 0 Å². The van der Waals surface area contributed by atoms with Gasteiger partial charge in [0.05, 0.1) is 30.1 Å². The summed E-state index contributed by atoms with van der Waals surface area (Å²) in [6, 6.07) is 10.7. The molecule has 1 aliphatic heterocycles. The van der Waals surface area contributed by atoms with Gasteiger partial charge in [-0.05, 0) is 38.1 Å². The third-order valence-corrected chi connectivity index (χ3v) is 4.01. The van der Waals surface area contributed by atoms with Crippen LogP contribution < -0.4 is 4.74 Å². The number of furan rings is 1. The SMILES string of the molecule is C[C@@H]1CN(C(=O)c2occc2COc2cccc(C#N)c2)C[C@@H](C)O1. The summed E-state index contributed by atoms with van der Waals surface area (Å²) in [6.45, 7) is 5.17. The minimum Gasteiger partial charge on any atom is -0.489 e. The molecule has 1 fully saturated rings. The highest BCUT2D eigenvalue weighted by atomic mass is 16.5. The second-order valence-electron chi connectivity index (χ2n) is 6.17. The molecule has 0 N–H and O–H groups in total. The van der Waals surface area contributed by atoms with Gasteiger partial charge in [0.25, 0.3) is 5.91 Å². The standard InChI is InChI=1S/C19H20N2O4/c1-13-10-21(11-14(2)25-13)19(22)18-16(6-7-23-18)12-24-17-5-3-4-15(8-17)9-20/h3-8,13-14H,10-12H2,1-2H3/t13-,14-/m1/s1. The molecule has 2 heterocycles. The molecule has 1 amide bonds. The number of amides is 1. The van der Waals surface area contributed by atoms with Crippen molar-refractivity contribution >= 4 is 5.91 Å². The van der Waals surface area contributed by atoms with Crippen LogP contribution >= 0.6 is 0 Å². The molecule has 2 aromatic rings. The van der Waals surface area contributed by atoms with E-state index in [1.807, 2.05) is 13.8 Å². The number of nitriles is 1. The first-order chi connectivity index (χ1) is 12.1. The number of carbonyl (C=O) groups is 1. The van der Waals surface area contributed by atoms with Crippen LogP contribution in [-0.2, 0) is 11.3 Å². The Labute approximate surface area is 146 Å². The van der Waals surface area contributed by atoms with E-state index in [0.717, 1.165) is 0 Å². The maximum Gasteiger partial charge on any atom is 0.290 e. The maximum atomic E-state index is 12.8. The largest absolute Gasteiger partial charge is 0.489 e. The summed E-state index contributed by atoms with van der Waals surface area (Å²) in [6.07, 6.45) is 1.48. The van der Waals surface area contributed by atoms with Gasteiger partial charge in [-0.3, -0.25) is 4.79 Å². The van der Waals surface area contributed by atoms with Crippen molar-refractivity contribution in [3.05, 3.63) is 53.5 Å². The van der Waals surface area contributed by atoms with Gasteiger partial charge in [0.1, 0.15) is 12.4 Å². The first kappa shape index (κ1) is 17.1. The summed E-state index contributed by atoms with van der Waals surface area (Å²) in [5.41, 5.74) is 1.21. The Balaban J connectivity index is 1.70. The number of hydrogen-bond donors (Lipinski definition) is 0. The predicted octanol–water partition coefficient (Wildman–Crippen LogP) is 2.98. The molecule has 0 bridgehead atoms. The van der Waals surface area contributed by atoms with E-state index in [1.54, 1.807) is 35.2 Å². The fraction of sp³-hybridized carbons (Fsp3) is 0.368. The molecule has 1 aliphatic rings. The van der Waals surface area contributed by atoms with E-state index in [2.05, 4.69) is 6.07 Å². The Morgan fingerprint density at radius 3 is 2.80 bits per heavy atom. The highest BCUT2D eigenvalue weighted by Crippen LogP contribution is 2.20. The Morgan fingerprint density at radius 1 is 1.32 bits per heavy atom. The van der Waals surface area contributed by atoms with E-state index in [4.69, 9.17) is 19.2 Å². The van der Waals surface area contributed by atoms with Crippen LogP contribution in [-0.4, -0.2) is 36.1 Å². The van der Waals surface area contributed by atoms with Crippen LogP contribution in [0.5, 0.6) is 5.75 Å². The van der Waals surface area contributed by atoms with Gasteiger partial charge in [-0.15, -0.1) is 0 Å². The number of carbonyl (C=O) groups excluding carboxylic acids is 1. The second kappa shape index (κ2) is 7.41. The lowest BCUT2D eigenvalue weighted by Gasteiger charge is -2.34. The molecular weight excluding hydrogens is 320 g/mol. The summed E-state index contributed by atoms with van der Waals surface area (Å²) in [5.74, 6) is 0.710. The van der Waals surface area contributed by atoms with Gasteiger partial charge in [-0.25, -0.2) is 0 Å². The van der Waals surface area contributed by atoms with Crippen molar-refractivity contribution in [1.29, 1.82) is 5.26 Å². The average molecular weight is 340 g/mol. The van der Waals surface area contributed by atoms with E-state index in [1.165, 1.54) is 6.26 Å². The molecule has 25 heavy (non-hydrogen) atoms. The molecule has 0 saturated carbocycles. The Hall–Kier alpha value is -2.78. The summed E-state index contributed by atoms with van der Waals surface area (Å²) < 4.78 is 16.8. The number of rotatable bonds is 4. The zero-order valence-electron chi connectivity index (χ0n) is 14.3. The Bertz CT molecular complexity index is 783. The quantitative estimate of drug-likeness (QED) is 0.855. The second-order valence-corrected chi connectivity index (χ2v) is 6.17. The first-order valence-electron chi connectivity index (χ1n) is 8.21. The maximum absolute atomic E-state index is 12.8. The van der Waals surface area contributed by atoms with Crippen molar-refractivity contribution < 1.29 is 18.7 Å². The van der Waals surface area contributed by atoms with Crippen LogP contribution in [0.15, 0.2) is 41.0 Å². The number of benzene rings is 1. The molecule has 6 heteroatoms. The molecule has 130 valence electrons. The van der Waals surface area contributed by atoms with Gasteiger partial charge in [0.15, 0.2) is 5.76 Å². The van der Waals surface area contributed by atoms with E-state index in [9.17, 15) is 4.79 Å². The summed E-state index contributed by atoms with van der Waals surface area (Å²) >= 11 is 0. The normalized spacial score (nSPS) is 20.1. The number of ether oxygens (including phenoxy) is 2. The molecule has 1 saturated heterocycles. The van der Waals surface area contributed by atoms with Crippen LogP contribution in [0.4, 0.5) is 0 Å². The summed E-state index contributed by atoms with van der Waals surface area (Å²) in [4.78, 5) is 14.5. The van der Waals surface area contributed by atoms with E-state index in [-0.39, 0.29) is 30.5 Å². The molecule has 1 aromatic carbocycles. The average Bonchev–Trinajstić information content (AvgIpc) is 3.07. The van der Waals surface area contributed by atoms with Gasteiger partial charge >= 0.3 is 0 Å². The minimum atomic E-state index is -0.156. The highest BCUT2D eigenvalue weighted by molar-refractivity contribution is 5.93. The predicted molar refractivity (Wildman–Crippen MR) is 90.1 cm³/mol. The van der Waals surface area contributed by atoms with E-state index in [0.29, 0.717) is 30.0 Å². The van der Waals surface area contributed by atoms with Crippen molar-refractivity contribution in [1.82, 2.24) is 4.90 Å². The van der Waals surface area contributed by atoms with Crippen molar-refractivity contribution in [3.63, 3.8) is 0 Å². The smallest absolute Gasteiger partial charge is 0.290 e. The van der Waals surface area contributed by atoms with Crippen molar-refractivity contribution in [3.8, 4) is 11.8 Å². The van der Waals surface area contributed by atoms with Crippen LogP contribution in [0.25, 0.3) is 0 Å². The number of nitrogens with zero attached hydrogens (tertiary/aromatic N) is 2. The van der Waals surface area contributed by atoms with Gasteiger partial charge in [0.2, 0.25) is 0 Å². The molecular formula is C19H20N2O4. The molecule has 0 spiro atoms. The Morgan fingerprint density at radius 2 is 2.08 bits per heavy atom. The van der Waals surface area contributed by atoms with Gasteiger partial charge in [-0.1, -0.05) is 6.07 Å². The van der Waals surface area contributed by atoms with Gasteiger partial charge in [-0.2, -0.15) is 5.26 Å². The molecule has 0 radical (unpaired) electrons. The lowest BCUT2D eigenvalue weighted by Crippen LogP contribution is -2.48. The number of hydrogen-bond acceptors (Lipinski definition) is 5. The third-order valence-electron chi connectivity index (χ3n) is 4.01. The van der Waals surface area contributed by atoms with Crippen LogP contribution in [0.1, 0.15) is 35.5 Å². The lowest BCUT2D eigenvalue weighted by atomic mass is 10.2. The number of morpholine rings is 1. The van der Waals surface area contributed by atoms with Crippen molar-refractivity contribution in [2.24, 2.45) is 0 Å². The van der Waals surface area contributed by atoms with Crippen LogP contribution in [0, 0.1) is 11.3 Å². The molecule has 3 rings (SSSR count). The zero-order chi connectivity index (χ0) is 17.8. The Kier molecular flexibility index (Phi) is 5.05. The molecule has 2 atom stereocenters. The van der Waals surface area contributed by atoms with Gasteiger partial charge in [0, 0.05) is 18.7 Å². The lowest BCUT2D eigenvalue weighted by molar-refractivity contribution is -0.0592. The molecule has 0 unspecified atom stereocenters. The fourth-order valence-electron chi connectivity index (χ4n) is 2.94. The molecule has 0 aliphatic carbocycles. The monoisotopic (exact) mass is 340 g/mol. The topological polar surface area (TPSA) is 75.7 Å². The zero-order valence-corrected chi connectivity index (χ0v) is 14.3. The van der Waals surface area contributed by atoms with E-state index < -0.39 is 0 Å². The third kappa shape index (κ3) is 4.01. The molecule has 6 nitrogen and oxygen atoms in total. The summed E-state index contributed by atoms with van der Waals surface area (Å²) in [7, 11) is 0. The summed E-state index contributed by atoms with van der Waals surface area (Å²) in [5, 5.41) is 8.94. The minimum absolute atomic E-state index is 0.00363. The van der Waals surface area contributed by atoms with E-state index >= 15 is 0 Å². The van der Waals surface area contributed by atoms with Crippen molar-refractivity contribution in [2.75, 3.05) is 13.1 Å². The van der Waals surface area contributed by atoms with Crippen LogP contribution in [0.2, 0.25) is 0 Å².